The molecule has 2 atom stereocenters. The second-order valence-corrected chi connectivity index (χ2v) is 7.90. The van der Waals surface area contributed by atoms with Crippen LogP contribution in [0.15, 0.2) is 41.0 Å². The van der Waals surface area contributed by atoms with Gasteiger partial charge in [-0.2, -0.15) is 0 Å². The summed E-state index contributed by atoms with van der Waals surface area (Å²) in [6.07, 6.45) is 1.60. The van der Waals surface area contributed by atoms with Crippen LogP contribution < -0.4 is 10.6 Å². The monoisotopic (exact) mass is 425 g/mol. The van der Waals surface area contributed by atoms with Gasteiger partial charge in [0.2, 0.25) is 5.91 Å². The second-order valence-electron chi connectivity index (χ2n) is 7.06. The van der Waals surface area contributed by atoms with Crippen LogP contribution in [-0.4, -0.2) is 43.4 Å². The van der Waals surface area contributed by atoms with Crippen molar-refractivity contribution in [1.82, 2.24) is 15.5 Å². The fraction of sp³-hybridized carbons (Fsp3) is 0.400. The lowest BCUT2D eigenvalue weighted by Gasteiger charge is -2.26. The van der Waals surface area contributed by atoms with Crippen LogP contribution in [-0.2, 0) is 4.79 Å². The Bertz CT molecular complexity index is 807. The molecule has 0 spiro atoms. The number of carbonyl (C=O) groups excluding carboxylic acids is 2. The third kappa shape index (κ3) is 5.74. The van der Waals surface area contributed by atoms with Gasteiger partial charge in [-0.1, -0.05) is 37.0 Å². The number of likely N-dealkylation sites (N-methyl/N-ethyl adjacent to an activating group) is 1. The van der Waals surface area contributed by atoms with Crippen LogP contribution in [0, 0.1) is 5.92 Å². The molecule has 0 saturated heterocycles. The van der Waals surface area contributed by atoms with Crippen LogP contribution >= 0.6 is 23.2 Å². The summed E-state index contributed by atoms with van der Waals surface area (Å²) in [5.41, 5.74) is 0.270. The quantitative estimate of drug-likeness (QED) is 0.674. The molecule has 1 aromatic carbocycles. The molecule has 0 bridgehead atoms. The summed E-state index contributed by atoms with van der Waals surface area (Å²) in [6.45, 7) is 4.08. The zero-order valence-corrected chi connectivity index (χ0v) is 17.8. The second kappa shape index (κ2) is 9.96. The molecule has 2 unspecified atom stereocenters. The zero-order chi connectivity index (χ0) is 20.8. The highest BCUT2D eigenvalue weighted by Crippen LogP contribution is 2.21. The Labute approximate surface area is 175 Å². The van der Waals surface area contributed by atoms with Crippen molar-refractivity contribution in [2.75, 3.05) is 20.6 Å². The number of nitrogens with zero attached hydrogens (tertiary/aromatic N) is 1. The summed E-state index contributed by atoms with van der Waals surface area (Å²) < 4.78 is 5.45. The highest BCUT2D eigenvalue weighted by atomic mass is 35.5. The van der Waals surface area contributed by atoms with Crippen molar-refractivity contribution in [1.29, 1.82) is 0 Å². The van der Waals surface area contributed by atoms with E-state index in [2.05, 4.69) is 10.6 Å². The van der Waals surface area contributed by atoms with Gasteiger partial charge in [-0.25, -0.2) is 0 Å². The Morgan fingerprint density at radius 3 is 2.43 bits per heavy atom. The Hall–Kier alpha value is -2.02. The number of nitrogens with one attached hydrogen (secondary N) is 2. The van der Waals surface area contributed by atoms with E-state index in [9.17, 15) is 9.59 Å². The van der Waals surface area contributed by atoms with Gasteiger partial charge in [0.1, 0.15) is 11.8 Å². The molecule has 2 amide bonds. The molecule has 0 aliphatic rings. The summed E-state index contributed by atoms with van der Waals surface area (Å²) in [7, 11) is 3.81. The molecule has 28 heavy (non-hydrogen) atoms. The summed E-state index contributed by atoms with van der Waals surface area (Å²) in [6, 6.07) is 7.45. The van der Waals surface area contributed by atoms with Gasteiger partial charge >= 0.3 is 0 Å². The summed E-state index contributed by atoms with van der Waals surface area (Å²) in [4.78, 5) is 27.3. The van der Waals surface area contributed by atoms with E-state index < -0.39 is 11.9 Å². The van der Waals surface area contributed by atoms with Crippen molar-refractivity contribution in [3.8, 4) is 0 Å². The van der Waals surface area contributed by atoms with E-state index in [4.69, 9.17) is 27.6 Å². The number of rotatable bonds is 8. The fourth-order valence-corrected chi connectivity index (χ4v) is 3.25. The summed E-state index contributed by atoms with van der Waals surface area (Å²) >= 11 is 12.0. The predicted molar refractivity (Wildman–Crippen MR) is 111 cm³/mol. The molecule has 6 nitrogen and oxygen atoms in total. The molecule has 2 aromatic rings. The fourth-order valence-electron chi connectivity index (χ4n) is 2.75. The molecule has 8 heteroatoms. The van der Waals surface area contributed by atoms with Gasteiger partial charge < -0.3 is 15.1 Å². The Morgan fingerprint density at radius 2 is 1.89 bits per heavy atom. The number of benzene rings is 1. The smallest absolute Gasteiger partial charge is 0.253 e. The lowest BCUT2D eigenvalue weighted by Crippen LogP contribution is -2.51. The minimum Gasteiger partial charge on any atom is -0.468 e. The average molecular weight is 426 g/mol. The summed E-state index contributed by atoms with van der Waals surface area (Å²) in [5, 5.41) is 6.34. The Balaban J connectivity index is 2.06. The molecule has 2 rings (SSSR count). The number of halogens is 2. The van der Waals surface area contributed by atoms with E-state index in [0.29, 0.717) is 11.6 Å². The molecule has 0 fully saturated rings. The van der Waals surface area contributed by atoms with Gasteiger partial charge in [0.05, 0.1) is 22.9 Å². The molecule has 1 heterocycles. The summed E-state index contributed by atoms with van der Waals surface area (Å²) in [5.74, 6) is -0.0580. The number of carbonyl (C=O) groups is 2. The molecule has 0 aliphatic carbocycles. The van der Waals surface area contributed by atoms with Crippen molar-refractivity contribution in [3.05, 3.63) is 58.0 Å². The van der Waals surface area contributed by atoms with Gasteiger partial charge in [0.15, 0.2) is 0 Å². The SMILES string of the molecule is CC(C)C(NC(=O)c1ccc(Cl)cc1Cl)C(=O)NCC(c1ccco1)N(C)C. The molecule has 0 radical (unpaired) electrons. The Kier molecular flexibility index (Phi) is 7.92. The van der Waals surface area contributed by atoms with Crippen LogP contribution in [0.2, 0.25) is 10.0 Å². The van der Waals surface area contributed by atoms with E-state index in [-0.39, 0.29) is 28.5 Å². The minimum absolute atomic E-state index is 0.114. The number of hydrogen-bond donors (Lipinski definition) is 2. The lowest BCUT2D eigenvalue weighted by molar-refractivity contribution is -0.124. The van der Waals surface area contributed by atoms with Gasteiger partial charge in [0, 0.05) is 11.6 Å². The number of hydrogen-bond acceptors (Lipinski definition) is 4. The number of furan rings is 1. The average Bonchev–Trinajstić information content (AvgIpc) is 3.13. The maximum atomic E-state index is 12.8. The lowest BCUT2D eigenvalue weighted by atomic mass is 10.0. The van der Waals surface area contributed by atoms with E-state index >= 15 is 0 Å². The predicted octanol–water partition coefficient (Wildman–Crippen LogP) is 3.76. The minimum atomic E-state index is -0.710. The standard InChI is InChI=1S/C20H25Cl2N3O3/c1-12(2)18(24-19(26)14-8-7-13(21)10-15(14)22)20(27)23-11-16(25(3)4)17-6-5-9-28-17/h5-10,12,16,18H,11H2,1-4H3,(H,23,27)(H,24,26). The topological polar surface area (TPSA) is 74.6 Å². The first-order valence-corrected chi connectivity index (χ1v) is 9.69. The van der Waals surface area contributed by atoms with E-state index in [1.165, 1.54) is 12.1 Å². The van der Waals surface area contributed by atoms with Crippen LogP contribution in [0.4, 0.5) is 0 Å². The van der Waals surface area contributed by atoms with Gasteiger partial charge in [-0.15, -0.1) is 0 Å². The highest BCUT2D eigenvalue weighted by molar-refractivity contribution is 6.36. The largest absolute Gasteiger partial charge is 0.468 e. The van der Waals surface area contributed by atoms with Crippen LogP contribution in [0.25, 0.3) is 0 Å². The van der Waals surface area contributed by atoms with Crippen molar-refractivity contribution in [2.24, 2.45) is 5.92 Å². The first-order chi connectivity index (χ1) is 13.2. The first kappa shape index (κ1) is 22.3. The van der Waals surface area contributed by atoms with Crippen LogP contribution in [0.1, 0.15) is 36.0 Å². The third-order valence-electron chi connectivity index (χ3n) is 4.38. The molecule has 152 valence electrons. The van der Waals surface area contributed by atoms with Gasteiger partial charge in [0.25, 0.3) is 5.91 Å². The van der Waals surface area contributed by atoms with Crippen LogP contribution in [0.3, 0.4) is 0 Å². The maximum Gasteiger partial charge on any atom is 0.253 e. The zero-order valence-electron chi connectivity index (χ0n) is 16.3. The molecule has 0 saturated carbocycles. The molecule has 0 aliphatic heterocycles. The van der Waals surface area contributed by atoms with Gasteiger partial charge in [-0.3, -0.25) is 14.5 Å². The van der Waals surface area contributed by atoms with Crippen molar-refractivity contribution >= 4 is 35.0 Å². The normalized spacial score (nSPS) is 13.4. The van der Waals surface area contributed by atoms with Crippen LogP contribution in [0.5, 0.6) is 0 Å². The molecule has 1 aromatic heterocycles. The maximum absolute atomic E-state index is 12.8. The van der Waals surface area contributed by atoms with E-state index in [1.54, 1.807) is 18.4 Å². The molecular formula is C20H25Cl2N3O3. The highest BCUT2D eigenvalue weighted by Gasteiger charge is 2.27. The van der Waals surface area contributed by atoms with Crippen molar-refractivity contribution in [3.63, 3.8) is 0 Å². The molecular weight excluding hydrogens is 401 g/mol. The van der Waals surface area contributed by atoms with Crippen molar-refractivity contribution < 1.29 is 14.0 Å². The third-order valence-corrected chi connectivity index (χ3v) is 4.92. The van der Waals surface area contributed by atoms with E-state index in [1.807, 2.05) is 38.9 Å². The first-order valence-electron chi connectivity index (χ1n) is 8.94. The number of amides is 2. The van der Waals surface area contributed by atoms with Gasteiger partial charge in [-0.05, 0) is 50.3 Å². The molecule has 2 N–H and O–H groups in total. The van der Waals surface area contributed by atoms with Crippen molar-refractivity contribution in [2.45, 2.75) is 25.9 Å². The van der Waals surface area contributed by atoms with E-state index in [0.717, 1.165) is 5.76 Å². The Morgan fingerprint density at radius 1 is 1.18 bits per heavy atom.